The molecule has 0 spiro atoms. The molecule has 1 heterocycles. The third-order valence-corrected chi connectivity index (χ3v) is 3.08. The second kappa shape index (κ2) is 5.24. The van der Waals surface area contributed by atoms with Crippen molar-refractivity contribution in [3.8, 4) is 11.6 Å². The number of hydrogen-bond acceptors (Lipinski definition) is 5. The minimum absolute atomic E-state index is 0.0447. The lowest BCUT2D eigenvalue weighted by molar-refractivity contribution is 0.454. The van der Waals surface area contributed by atoms with Crippen LogP contribution < -0.4 is 21.8 Å². The summed E-state index contributed by atoms with van der Waals surface area (Å²) < 4.78 is 5.71. The van der Waals surface area contributed by atoms with Crippen LogP contribution in [0.1, 0.15) is 30.9 Å². The number of benzene rings is 1. The number of aryl methyl sites for hydroxylation is 1. The smallest absolute Gasteiger partial charge is 0.277 e. The van der Waals surface area contributed by atoms with E-state index in [1.165, 1.54) is 6.33 Å². The van der Waals surface area contributed by atoms with Gasteiger partial charge in [0.15, 0.2) is 5.69 Å². The molecule has 1 aromatic carbocycles. The monoisotopic (exact) mass is 274 g/mol. The summed E-state index contributed by atoms with van der Waals surface area (Å²) in [5.74, 6) is 0.924. The van der Waals surface area contributed by atoms with E-state index in [1.807, 2.05) is 32.9 Å². The lowest BCUT2D eigenvalue weighted by atomic mass is 9.99. The number of hydrogen-bond donors (Lipinski definition) is 3. The molecule has 1 aromatic heterocycles. The van der Waals surface area contributed by atoms with Crippen molar-refractivity contribution in [2.75, 3.05) is 11.5 Å². The summed E-state index contributed by atoms with van der Waals surface area (Å²) in [7, 11) is 0. The van der Waals surface area contributed by atoms with Crippen molar-refractivity contribution >= 4 is 11.4 Å². The lowest BCUT2D eigenvalue weighted by Gasteiger charge is -2.16. The Labute approximate surface area is 116 Å². The van der Waals surface area contributed by atoms with E-state index in [2.05, 4.69) is 9.97 Å². The Hall–Kier alpha value is -2.50. The molecule has 0 aliphatic rings. The molecule has 0 atom stereocenters. The van der Waals surface area contributed by atoms with Crippen molar-refractivity contribution in [2.45, 2.75) is 26.7 Å². The number of aromatic amines is 1. The van der Waals surface area contributed by atoms with Gasteiger partial charge in [0.25, 0.3) is 5.56 Å². The van der Waals surface area contributed by atoms with Gasteiger partial charge in [-0.3, -0.25) is 4.79 Å². The molecule has 20 heavy (non-hydrogen) atoms. The fourth-order valence-electron chi connectivity index (χ4n) is 1.83. The van der Waals surface area contributed by atoms with Crippen molar-refractivity contribution < 1.29 is 4.74 Å². The summed E-state index contributed by atoms with van der Waals surface area (Å²) in [5, 5.41) is 0. The summed E-state index contributed by atoms with van der Waals surface area (Å²) in [6, 6.07) is 3.70. The van der Waals surface area contributed by atoms with Gasteiger partial charge in [-0.05, 0) is 36.1 Å². The second-order valence-corrected chi connectivity index (χ2v) is 4.95. The van der Waals surface area contributed by atoms with Crippen molar-refractivity contribution in [1.29, 1.82) is 0 Å². The van der Waals surface area contributed by atoms with Crippen molar-refractivity contribution in [2.24, 2.45) is 0 Å². The van der Waals surface area contributed by atoms with Gasteiger partial charge >= 0.3 is 0 Å². The number of anilines is 2. The molecule has 6 nitrogen and oxygen atoms in total. The summed E-state index contributed by atoms with van der Waals surface area (Å²) in [6.45, 7) is 5.96. The zero-order chi connectivity index (χ0) is 14.9. The first-order valence-corrected chi connectivity index (χ1v) is 6.31. The topological polar surface area (TPSA) is 107 Å². The minimum atomic E-state index is -0.423. The highest BCUT2D eigenvalue weighted by atomic mass is 16.5. The number of nitrogen functional groups attached to an aromatic ring is 2. The zero-order valence-electron chi connectivity index (χ0n) is 11.7. The van der Waals surface area contributed by atoms with E-state index in [4.69, 9.17) is 16.2 Å². The summed E-state index contributed by atoms with van der Waals surface area (Å²) in [6.07, 6.45) is 1.26. The maximum absolute atomic E-state index is 11.4. The Kier molecular flexibility index (Phi) is 3.65. The van der Waals surface area contributed by atoms with E-state index in [0.717, 1.165) is 11.1 Å². The number of ether oxygens (including phenoxy) is 1. The van der Waals surface area contributed by atoms with E-state index in [-0.39, 0.29) is 17.5 Å². The molecule has 106 valence electrons. The fraction of sp³-hybridized carbons (Fsp3) is 0.286. The molecule has 0 radical (unpaired) electrons. The van der Waals surface area contributed by atoms with Crippen LogP contribution in [0.15, 0.2) is 23.3 Å². The normalized spacial score (nSPS) is 10.8. The first-order chi connectivity index (χ1) is 9.40. The van der Waals surface area contributed by atoms with Gasteiger partial charge in [-0.15, -0.1) is 0 Å². The SMILES string of the molecule is Cc1cc(Oc2nc[nH]c(=O)c2N)c(C(C)C)cc1N. The number of aromatic nitrogens is 2. The van der Waals surface area contributed by atoms with Gasteiger partial charge in [-0.2, -0.15) is 0 Å². The molecule has 2 rings (SSSR count). The number of nitrogens with one attached hydrogen (secondary N) is 1. The largest absolute Gasteiger partial charge is 0.437 e. The van der Waals surface area contributed by atoms with Crippen molar-refractivity contribution in [3.63, 3.8) is 0 Å². The highest BCUT2D eigenvalue weighted by Crippen LogP contribution is 2.34. The van der Waals surface area contributed by atoms with Gasteiger partial charge in [-0.1, -0.05) is 13.8 Å². The van der Waals surface area contributed by atoms with Gasteiger partial charge in [0.2, 0.25) is 5.88 Å². The van der Waals surface area contributed by atoms with Crippen LogP contribution in [0.5, 0.6) is 11.6 Å². The number of H-pyrrole nitrogens is 1. The molecule has 0 saturated heterocycles. The molecule has 0 bridgehead atoms. The van der Waals surface area contributed by atoms with Crippen molar-refractivity contribution in [3.05, 3.63) is 39.9 Å². The third kappa shape index (κ3) is 2.59. The van der Waals surface area contributed by atoms with Gasteiger partial charge in [0.1, 0.15) is 5.75 Å². The number of nitrogens with two attached hydrogens (primary N) is 2. The van der Waals surface area contributed by atoms with Crippen LogP contribution in [0.3, 0.4) is 0 Å². The minimum Gasteiger partial charge on any atom is -0.437 e. The second-order valence-electron chi connectivity index (χ2n) is 4.95. The fourth-order valence-corrected chi connectivity index (χ4v) is 1.83. The molecule has 0 aliphatic carbocycles. The molecule has 0 aliphatic heterocycles. The van der Waals surface area contributed by atoms with E-state index in [9.17, 15) is 4.79 Å². The van der Waals surface area contributed by atoms with Crippen molar-refractivity contribution in [1.82, 2.24) is 9.97 Å². The average Bonchev–Trinajstić information content (AvgIpc) is 2.38. The van der Waals surface area contributed by atoms with Crippen LogP contribution in [0, 0.1) is 6.92 Å². The van der Waals surface area contributed by atoms with Crippen LogP contribution >= 0.6 is 0 Å². The van der Waals surface area contributed by atoms with Crippen LogP contribution in [0.25, 0.3) is 0 Å². The molecule has 0 unspecified atom stereocenters. The number of nitrogens with zero attached hydrogens (tertiary/aromatic N) is 1. The molecule has 0 fully saturated rings. The van der Waals surface area contributed by atoms with E-state index in [0.29, 0.717) is 11.4 Å². The highest BCUT2D eigenvalue weighted by molar-refractivity contribution is 5.57. The van der Waals surface area contributed by atoms with E-state index >= 15 is 0 Å². The first kappa shape index (κ1) is 13.9. The molecule has 0 saturated carbocycles. The lowest BCUT2D eigenvalue weighted by Crippen LogP contribution is -2.13. The Morgan fingerprint density at radius 1 is 1.30 bits per heavy atom. The molecule has 2 aromatic rings. The molecular formula is C14H18N4O2. The van der Waals surface area contributed by atoms with Gasteiger partial charge in [0.05, 0.1) is 6.33 Å². The van der Waals surface area contributed by atoms with Crippen LogP contribution in [0.2, 0.25) is 0 Å². The standard InChI is InChI=1S/C14H18N4O2/c1-7(2)9-5-10(15)8(3)4-11(9)20-14-12(16)13(19)17-6-18-14/h4-7H,15-16H2,1-3H3,(H,17,18,19). The summed E-state index contributed by atoms with van der Waals surface area (Å²) in [5.41, 5.74) is 13.7. The Bertz CT molecular complexity index is 692. The van der Waals surface area contributed by atoms with Gasteiger partial charge in [0, 0.05) is 5.69 Å². The quantitative estimate of drug-likeness (QED) is 0.743. The average molecular weight is 274 g/mol. The predicted octanol–water partition coefficient (Wildman–Crippen LogP) is 2.16. The zero-order valence-corrected chi connectivity index (χ0v) is 11.7. The molecule has 5 N–H and O–H groups in total. The Morgan fingerprint density at radius 3 is 2.65 bits per heavy atom. The Balaban J connectivity index is 2.50. The molecule has 6 heteroatoms. The van der Waals surface area contributed by atoms with E-state index < -0.39 is 5.56 Å². The number of rotatable bonds is 3. The molecule has 0 amide bonds. The summed E-state index contributed by atoms with van der Waals surface area (Å²) >= 11 is 0. The van der Waals surface area contributed by atoms with Gasteiger partial charge in [-0.25, -0.2) is 4.98 Å². The predicted molar refractivity (Wildman–Crippen MR) is 79.0 cm³/mol. The maximum atomic E-state index is 11.4. The third-order valence-electron chi connectivity index (χ3n) is 3.08. The summed E-state index contributed by atoms with van der Waals surface area (Å²) in [4.78, 5) is 17.8. The van der Waals surface area contributed by atoms with Crippen LogP contribution in [-0.2, 0) is 0 Å². The van der Waals surface area contributed by atoms with Gasteiger partial charge < -0.3 is 21.2 Å². The first-order valence-electron chi connectivity index (χ1n) is 6.31. The maximum Gasteiger partial charge on any atom is 0.277 e. The highest BCUT2D eigenvalue weighted by Gasteiger charge is 2.14. The van der Waals surface area contributed by atoms with Crippen LogP contribution in [-0.4, -0.2) is 9.97 Å². The van der Waals surface area contributed by atoms with Crippen LogP contribution in [0.4, 0.5) is 11.4 Å². The Morgan fingerprint density at radius 2 is 2.00 bits per heavy atom. The molecular weight excluding hydrogens is 256 g/mol. The van der Waals surface area contributed by atoms with E-state index in [1.54, 1.807) is 0 Å².